The molecule has 1 atom stereocenters. The average Bonchev–Trinajstić information content (AvgIpc) is 3.13. The number of hydrogen-bond acceptors (Lipinski definition) is 4. The number of guanidine groups is 1. The minimum absolute atomic E-state index is 0. The maximum absolute atomic E-state index is 5.87. The first-order valence-corrected chi connectivity index (χ1v) is 8.37. The quantitative estimate of drug-likeness (QED) is 0.261. The van der Waals surface area contributed by atoms with Crippen LogP contribution in [-0.2, 0) is 11.3 Å². The van der Waals surface area contributed by atoms with E-state index in [4.69, 9.17) is 9.26 Å². The Kier molecular flexibility index (Phi) is 10.9. The van der Waals surface area contributed by atoms with Crippen LogP contribution in [0.4, 0.5) is 0 Å². The molecule has 0 fully saturated rings. The van der Waals surface area contributed by atoms with Crippen LogP contribution >= 0.6 is 24.0 Å². The second-order valence-electron chi connectivity index (χ2n) is 5.39. The first-order valence-electron chi connectivity index (χ1n) is 8.37. The van der Waals surface area contributed by atoms with Gasteiger partial charge in [0.1, 0.15) is 12.0 Å². The van der Waals surface area contributed by atoms with Crippen LogP contribution in [0, 0.1) is 0 Å². The van der Waals surface area contributed by atoms with Gasteiger partial charge in [0.2, 0.25) is 0 Å². The first-order chi connectivity index (χ1) is 11.8. The molecule has 0 aliphatic carbocycles. The predicted molar refractivity (Wildman–Crippen MR) is 110 cm³/mol. The van der Waals surface area contributed by atoms with Crippen molar-refractivity contribution in [1.82, 2.24) is 15.8 Å². The molecule has 2 rings (SSSR count). The van der Waals surface area contributed by atoms with Gasteiger partial charge in [-0.05, 0) is 25.8 Å². The summed E-state index contributed by atoms with van der Waals surface area (Å²) >= 11 is 0. The van der Waals surface area contributed by atoms with Gasteiger partial charge in [-0.25, -0.2) is 4.99 Å². The number of halogens is 1. The molecular formula is C18H27IN4O2. The van der Waals surface area contributed by atoms with Crippen molar-refractivity contribution in [3.63, 3.8) is 0 Å². The smallest absolute Gasteiger partial charge is 0.191 e. The Hall–Kier alpha value is -1.61. The number of nitrogens with one attached hydrogen (secondary N) is 2. The van der Waals surface area contributed by atoms with Crippen LogP contribution in [0.15, 0.2) is 52.2 Å². The van der Waals surface area contributed by atoms with Crippen molar-refractivity contribution in [3.8, 4) is 0 Å². The SMILES string of the molecule is CCNC(=NCc1ccon1)NCCCOC(C)c1ccccc1.I. The monoisotopic (exact) mass is 458 g/mol. The molecule has 0 radical (unpaired) electrons. The fraction of sp³-hybridized carbons (Fsp3) is 0.444. The summed E-state index contributed by atoms with van der Waals surface area (Å²) in [7, 11) is 0. The average molecular weight is 458 g/mol. The maximum Gasteiger partial charge on any atom is 0.191 e. The first kappa shape index (κ1) is 21.4. The van der Waals surface area contributed by atoms with E-state index in [1.807, 2.05) is 31.2 Å². The lowest BCUT2D eigenvalue weighted by Gasteiger charge is -2.14. The molecule has 6 nitrogen and oxygen atoms in total. The fourth-order valence-electron chi connectivity index (χ4n) is 2.18. The van der Waals surface area contributed by atoms with Gasteiger partial charge >= 0.3 is 0 Å². The summed E-state index contributed by atoms with van der Waals surface area (Å²) in [6.07, 6.45) is 2.57. The molecule has 1 aromatic carbocycles. The van der Waals surface area contributed by atoms with Gasteiger partial charge in [-0.15, -0.1) is 24.0 Å². The lowest BCUT2D eigenvalue weighted by atomic mass is 10.1. The lowest BCUT2D eigenvalue weighted by Crippen LogP contribution is -2.38. The minimum Gasteiger partial charge on any atom is -0.374 e. The van der Waals surface area contributed by atoms with E-state index in [0.717, 1.165) is 31.2 Å². The normalized spacial score (nSPS) is 12.3. The summed E-state index contributed by atoms with van der Waals surface area (Å²) < 4.78 is 10.7. The number of aliphatic imine (C=N–C) groups is 1. The molecule has 0 bridgehead atoms. The Balaban J connectivity index is 0.00000312. The molecule has 25 heavy (non-hydrogen) atoms. The van der Waals surface area contributed by atoms with Crippen molar-refractivity contribution < 1.29 is 9.26 Å². The Morgan fingerprint density at radius 1 is 1.24 bits per heavy atom. The summed E-state index contributed by atoms with van der Waals surface area (Å²) in [5, 5.41) is 10.4. The van der Waals surface area contributed by atoms with E-state index in [1.165, 1.54) is 5.56 Å². The van der Waals surface area contributed by atoms with Crippen LogP contribution in [0.1, 0.15) is 37.6 Å². The Bertz CT molecular complexity index is 590. The zero-order chi connectivity index (χ0) is 17.0. The molecule has 0 amide bonds. The van der Waals surface area contributed by atoms with Crippen LogP contribution in [0.25, 0.3) is 0 Å². The van der Waals surface area contributed by atoms with Gasteiger partial charge in [0.15, 0.2) is 5.96 Å². The van der Waals surface area contributed by atoms with Gasteiger partial charge in [-0.3, -0.25) is 0 Å². The predicted octanol–water partition coefficient (Wildman–Crippen LogP) is 3.52. The largest absolute Gasteiger partial charge is 0.374 e. The highest BCUT2D eigenvalue weighted by Gasteiger charge is 2.04. The molecule has 0 spiro atoms. The minimum atomic E-state index is 0. The van der Waals surface area contributed by atoms with E-state index in [1.54, 1.807) is 6.26 Å². The molecule has 0 aliphatic heterocycles. The lowest BCUT2D eigenvalue weighted by molar-refractivity contribution is 0.0646. The van der Waals surface area contributed by atoms with Crippen molar-refractivity contribution >= 4 is 29.9 Å². The summed E-state index contributed by atoms with van der Waals surface area (Å²) in [5.41, 5.74) is 2.01. The zero-order valence-electron chi connectivity index (χ0n) is 14.8. The molecule has 2 N–H and O–H groups in total. The topological polar surface area (TPSA) is 71.7 Å². The second kappa shape index (κ2) is 12.7. The van der Waals surface area contributed by atoms with E-state index in [2.05, 4.69) is 39.8 Å². The third kappa shape index (κ3) is 8.35. The van der Waals surface area contributed by atoms with Crippen molar-refractivity contribution in [2.45, 2.75) is 32.9 Å². The number of rotatable bonds is 9. The Morgan fingerprint density at radius 2 is 2.04 bits per heavy atom. The van der Waals surface area contributed by atoms with Crippen molar-refractivity contribution in [2.75, 3.05) is 19.7 Å². The van der Waals surface area contributed by atoms with Crippen LogP contribution in [0.3, 0.4) is 0 Å². The molecule has 0 saturated carbocycles. The molecule has 1 unspecified atom stereocenters. The summed E-state index contributed by atoms with van der Waals surface area (Å²) in [5.74, 6) is 0.775. The van der Waals surface area contributed by atoms with E-state index >= 15 is 0 Å². The van der Waals surface area contributed by atoms with Crippen molar-refractivity contribution in [1.29, 1.82) is 0 Å². The molecule has 0 aliphatic rings. The molecule has 1 heterocycles. The highest BCUT2D eigenvalue weighted by Crippen LogP contribution is 2.15. The van der Waals surface area contributed by atoms with E-state index < -0.39 is 0 Å². The standard InChI is InChI=1S/C18H26N4O2.HI/c1-3-19-18(21-14-17-10-13-24-22-17)20-11-7-12-23-15(2)16-8-5-4-6-9-16;/h4-6,8-10,13,15H,3,7,11-12,14H2,1-2H3,(H2,19,20,21);1H. The van der Waals surface area contributed by atoms with Crippen LogP contribution in [0.2, 0.25) is 0 Å². The number of benzene rings is 1. The number of nitrogens with zero attached hydrogens (tertiary/aromatic N) is 2. The van der Waals surface area contributed by atoms with Crippen LogP contribution in [0.5, 0.6) is 0 Å². The van der Waals surface area contributed by atoms with Gasteiger partial charge in [0.25, 0.3) is 0 Å². The molecule has 2 aromatic rings. The summed E-state index contributed by atoms with van der Waals surface area (Å²) in [6.45, 7) is 6.92. The number of hydrogen-bond donors (Lipinski definition) is 2. The molecule has 1 aromatic heterocycles. The number of ether oxygens (including phenoxy) is 1. The highest BCUT2D eigenvalue weighted by atomic mass is 127. The van der Waals surface area contributed by atoms with Gasteiger partial charge in [-0.2, -0.15) is 0 Å². The zero-order valence-corrected chi connectivity index (χ0v) is 17.1. The fourth-order valence-corrected chi connectivity index (χ4v) is 2.18. The van der Waals surface area contributed by atoms with Crippen molar-refractivity contribution in [2.24, 2.45) is 4.99 Å². The highest BCUT2D eigenvalue weighted by molar-refractivity contribution is 14.0. The van der Waals surface area contributed by atoms with E-state index in [9.17, 15) is 0 Å². The van der Waals surface area contributed by atoms with Crippen LogP contribution < -0.4 is 10.6 Å². The summed E-state index contributed by atoms with van der Waals surface area (Å²) in [4.78, 5) is 4.47. The Labute approximate surface area is 166 Å². The third-order valence-electron chi connectivity index (χ3n) is 3.49. The van der Waals surface area contributed by atoms with Gasteiger partial charge in [0.05, 0.1) is 12.6 Å². The maximum atomic E-state index is 5.87. The molecule has 138 valence electrons. The number of aromatic nitrogens is 1. The summed E-state index contributed by atoms with van der Waals surface area (Å²) in [6, 6.07) is 12.1. The Morgan fingerprint density at radius 3 is 2.72 bits per heavy atom. The van der Waals surface area contributed by atoms with E-state index in [-0.39, 0.29) is 30.1 Å². The second-order valence-corrected chi connectivity index (χ2v) is 5.39. The molecular weight excluding hydrogens is 431 g/mol. The van der Waals surface area contributed by atoms with Crippen LogP contribution in [-0.4, -0.2) is 30.8 Å². The van der Waals surface area contributed by atoms with Gasteiger partial charge in [0, 0.05) is 25.8 Å². The molecule has 0 saturated heterocycles. The van der Waals surface area contributed by atoms with Crippen molar-refractivity contribution in [3.05, 3.63) is 53.9 Å². The van der Waals surface area contributed by atoms with Gasteiger partial charge in [-0.1, -0.05) is 35.5 Å². The van der Waals surface area contributed by atoms with Gasteiger partial charge < -0.3 is 19.9 Å². The third-order valence-corrected chi connectivity index (χ3v) is 3.49. The van der Waals surface area contributed by atoms with E-state index in [0.29, 0.717) is 13.2 Å². The molecule has 7 heteroatoms.